The number of benzene rings is 1. The first-order valence-electron chi connectivity index (χ1n) is 8.00. The highest BCUT2D eigenvalue weighted by Gasteiger charge is 2.20. The van der Waals surface area contributed by atoms with Gasteiger partial charge in [-0.05, 0) is 24.5 Å². The molecule has 1 aliphatic heterocycles. The van der Waals surface area contributed by atoms with E-state index in [2.05, 4.69) is 15.1 Å². The van der Waals surface area contributed by atoms with Crippen LogP contribution in [0.3, 0.4) is 0 Å². The summed E-state index contributed by atoms with van der Waals surface area (Å²) in [4.78, 5) is 19.9. The fourth-order valence-electron chi connectivity index (χ4n) is 3.08. The molecule has 0 aliphatic carbocycles. The predicted octanol–water partition coefficient (Wildman–Crippen LogP) is 2.72. The molecule has 124 valence electrons. The molecule has 0 unspecified atom stereocenters. The lowest BCUT2D eigenvalue weighted by molar-refractivity contribution is 0.0673. The van der Waals surface area contributed by atoms with E-state index in [1.165, 1.54) is 0 Å². The second kappa shape index (κ2) is 6.37. The minimum absolute atomic E-state index is 0.166. The van der Waals surface area contributed by atoms with Crippen molar-refractivity contribution >= 4 is 22.6 Å². The summed E-state index contributed by atoms with van der Waals surface area (Å²) in [6.07, 6.45) is 3.83. The third-order valence-electron chi connectivity index (χ3n) is 4.36. The molecular weight excluding hydrogens is 328 g/mol. The number of hydrogen-bond donors (Lipinski definition) is 1. The number of nitrogens with one attached hydrogen (secondary N) is 1. The Morgan fingerprint density at radius 2 is 2.08 bits per heavy atom. The van der Waals surface area contributed by atoms with Crippen molar-refractivity contribution in [2.24, 2.45) is 0 Å². The van der Waals surface area contributed by atoms with Gasteiger partial charge >= 0.3 is 0 Å². The molecular formula is C17H17ClN4O2. The first kappa shape index (κ1) is 15.4. The highest BCUT2D eigenvalue weighted by atomic mass is 35.5. The third kappa shape index (κ3) is 2.83. The lowest BCUT2D eigenvalue weighted by atomic mass is 10.1. The van der Waals surface area contributed by atoms with Crippen LogP contribution in [0.5, 0.6) is 0 Å². The topological polar surface area (TPSA) is 72.8 Å². The van der Waals surface area contributed by atoms with E-state index < -0.39 is 0 Å². The molecule has 0 saturated carbocycles. The Morgan fingerprint density at radius 1 is 1.29 bits per heavy atom. The van der Waals surface area contributed by atoms with Gasteiger partial charge in [0.15, 0.2) is 5.65 Å². The van der Waals surface area contributed by atoms with Crippen LogP contribution in [0.25, 0.3) is 11.0 Å². The quantitative estimate of drug-likeness (QED) is 0.793. The van der Waals surface area contributed by atoms with Gasteiger partial charge in [-0.2, -0.15) is 5.10 Å². The van der Waals surface area contributed by atoms with Gasteiger partial charge in [-0.25, -0.2) is 9.67 Å². The zero-order chi connectivity index (χ0) is 16.5. The van der Waals surface area contributed by atoms with Crippen LogP contribution in [0, 0.1) is 0 Å². The molecule has 0 spiro atoms. The van der Waals surface area contributed by atoms with Crippen LogP contribution >= 0.6 is 11.6 Å². The fraction of sp³-hybridized carbons (Fsp3) is 0.353. The molecule has 1 aromatic carbocycles. The maximum Gasteiger partial charge on any atom is 0.262 e. The molecule has 0 atom stereocenters. The minimum atomic E-state index is -0.166. The van der Waals surface area contributed by atoms with Crippen LogP contribution < -0.4 is 5.56 Å². The Balaban J connectivity index is 1.75. The SMILES string of the molecule is O=c1[nH]c(Cc2ccccc2Cl)nc2c1cnn2C1CCOCC1. The van der Waals surface area contributed by atoms with E-state index in [-0.39, 0.29) is 11.6 Å². The molecule has 1 fully saturated rings. The lowest BCUT2D eigenvalue weighted by Crippen LogP contribution is -2.21. The van der Waals surface area contributed by atoms with Crippen molar-refractivity contribution in [1.82, 2.24) is 19.7 Å². The highest BCUT2D eigenvalue weighted by Crippen LogP contribution is 2.23. The van der Waals surface area contributed by atoms with Crippen molar-refractivity contribution in [3.8, 4) is 0 Å². The largest absolute Gasteiger partial charge is 0.381 e. The van der Waals surface area contributed by atoms with E-state index in [1.807, 2.05) is 28.9 Å². The number of ether oxygens (including phenoxy) is 1. The average Bonchev–Trinajstić information content (AvgIpc) is 3.02. The maximum absolute atomic E-state index is 12.4. The molecule has 3 aromatic rings. The number of rotatable bonds is 3. The zero-order valence-corrected chi connectivity index (χ0v) is 13.8. The van der Waals surface area contributed by atoms with E-state index in [4.69, 9.17) is 16.3 Å². The summed E-state index contributed by atoms with van der Waals surface area (Å²) >= 11 is 6.21. The summed E-state index contributed by atoms with van der Waals surface area (Å²) in [5.74, 6) is 0.592. The van der Waals surface area contributed by atoms with Crippen LogP contribution in [0.15, 0.2) is 35.3 Å². The van der Waals surface area contributed by atoms with Crippen molar-refractivity contribution in [2.45, 2.75) is 25.3 Å². The van der Waals surface area contributed by atoms with Gasteiger partial charge in [0.25, 0.3) is 5.56 Å². The Bertz CT molecular complexity index is 928. The second-order valence-electron chi connectivity index (χ2n) is 5.95. The summed E-state index contributed by atoms with van der Waals surface area (Å²) in [5.41, 5.74) is 1.40. The molecule has 6 nitrogen and oxygen atoms in total. The summed E-state index contributed by atoms with van der Waals surface area (Å²) in [5, 5.41) is 5.58. The standard InChI is InChI=1S/C17H17ClN4O2/c18-14-4-2-1-3-11(14)9-15-20-16-13(17(23)21-15)10-19-22(16)12-5-7-24-8-6-12/h1-4,10,12H,5-9H2,(H,20,21,23). The van der Waals surface area contributed by atoms with E-state index >= 15 is 0 Å². The second-order valence-corrected chi connectivity index (χ2v) is 6.36. The molecule has 0 radical (unpaired) electrons. The number of hydrogen-bond acceptors (Lipinski definition) is 4. The molecule has 24 heavy (non-hydrogen) atoms. The Labute approximate surface area is 143 Å². The number of nitrogens with zero attached hydrogens (tertiary/aromatic N) is 3. The number of aromatic amines is 1. The molecule has 7 heteroatoms. The molecule has 3 heterocycles. The molecule has 0 bridgehead atoms. The molecule has 1 N–H and O–H groups in total. The number of H-pyrrole nitrogens is 1. The van der Waals surface area contributed by atoms with Gasteiger partial charge < -0.3 is 9.72 Å². The summed E-state index contributed by atoms with van der Waals surface area (Å²) < 4.78 is 7.27. The van der Waals surface area contributed by atoms with Gasteiger partial charge in [-0.3, -0.25) is 4.79 Å². The Morgan fingerprint density at radius 3 is 2.88 bits per heavy atom. The summed E-state index contributed by atoms with van der Waals surface area (Å²) in [7, 11) is 0. The van der Waals surface area contributed by atoms with Crippen molar-refractivity contribution in [3.05, 3.63) is 57.2 Å². The van der Waals surface area contributed by atoms with Gasteiger partial charge in [0.1, 0.15) is 11.2 Å². The van der Waals surface area contributed by atoms with Crippen LogP contribution in [0.2, 0.25) is 5.02 Å². The predicted molar refractivity (Wildman–Crippen MR) is 91.5 cm³/mol. The smallest absolute Gasteiger partial charge is 0.262 e. The average molecular weight is 345 g/mol. The van der Waals surface area contributed by atoms with Crippen molar-refractivity contribution < 1.29 is 4.74 Å². The first-order valence-corrected chi connectivity index (χ1v) is 8.38. The van der Waals surface area contributed by atoms with Crippen LogP contribution in [0.4, 0.5) is 0 Å². The van der Waals surface area contributed by atoms with E-state index in [0.29, 0.717) is 41.5 Å². The van der Waals surface area contributed by atoms with Crippen LogP contribution in [-0.4, -0.2) is 33.0 Å². The minimum Gasteiger partial charge on any atom is -0.381 e. The van der Waals surface area contributed by atoms with Gasteiger partial charge in [0.05, 0.1) is 12.2 Å². The van der Waals surface area contributed by atoms with Crippen LogP contribution in [-0.2, 0) is 11.2 Å². The van der Waals surface area contributed by atoms with Crippen LogP contribution in [0.1, 0.15) is 30.3 Å². The van der Waals surface area contributed by atoms with Crippen molar-refractivity contribution in [1.29, 1.82) is 0 Å². The number of fused-ring (bicyclic) bond motifs is 1. The maximum atomic E-state index is 12.4. The van der Waals surface area contributed by atoms with Gasteiger partial charge in [0.2, 0.25) is 0 Å². The number of aromatic nitrogens is 4. The monoisotopic (exact) mass is 344 g/mol. The van der Waals surface area contributed by atoms with Crippen molar-refractivity contribution in [2.75, 3.05) is 13.2 Å². The molecule has 1 saturated heterocycles. The van der Waals surface area contributed by atoms with E-state index in [0.717, 1.165) is 18.4 Å². The molecule has 1 aliphatic rings. The zero-order valence-electron chi connectivity index (χ0n) is 13.0. The third-order valence-corrected chi connectivity index (χ3v) is 4.73. The lowest BCUT2D eigenvalue weighted by Gasteiger charge is -2.22. The Hall–Kier alpha value is -2.18. The summed E-state index contributed by atoms with van der Waals surface area (Å²) in [6.45, 7) is 1.42. The molecule has 4 rings (SSSR count). The van der Waals surface area contributed by atoms with Gasteiger partial charge in [0, 0.05) is 24.7 Å². The Kier molecular flexibility index (Phi) is 4.08. The van der Waals surface area contributed by atoms with Gasteiger partial charge in [-0.1, -0.05) is 29.8 Å². The summed E-state index contributed by atoms with van der Waals surface area (Å²) in [6, 6.07) is 7.79. The number of halogens is 1. The molecule has 0 amide bonds. The molecule has 2 aromatic heterocycles. The first-order chi connectivity index (χ1) is 11.7. The highest BCUT2D eigenvalue weighted by molar-refractivity contribution is 6.31. The van der Waals surface area contributed by atoms with E-state index in [9.17, 15) is 4.79 Å². The fourth-order valence-corrected chi connectivity index (χ4v) is 3.29. The van der Waals surface area contributed by atoms with Crippen molar-refractivity contribution in [3.63, 3.8) is 0 Å². The normalized spacial score (nSPS) is 15.9. The van der Waals surface area contributed by atoms with Gasteiger partial charge in [-0.15, -0.1) is 0 Å². The van der Waals surface area contributed by atoms with E-state index in [1.54, 1.807) is 6.20 Å².